The lowest BCUT2D eigenvalue weighted by Crippen LogP contribution is -2.54. The van der Waals surface area contributed by atoms with Gasteiger partial charge in [-0.15, -0.1) is 0 Å². The van der Waals surface area contributed by atoms with E-state index in [0.29, 0.717) is 5.69 Å². The molecule has 9 nitrogen and oxygen atoms in total. The molecule has 122 valence electrons. The lowest BCUT2D eigenvalue weighted by molar-refractivity contribution is -0.142. The highest BCUT2D eigenvalue weighted by Crippen LogP contribution is 2.00. The molecule has 1 aromatic rings. The molecule has 1 aromatic heterocycles. The Balaban J connectivity index is 2.59. The van der Waals surface area contributed by atoms with Crippen molar-refractivity contribution >= 4 is 30.4 Å². The molecule has 1 rings (SSSR count). The van der Waals surface area contributed by atoms with Crippen molar-refractivity contribution in [2.75, 3.05) is 5.75 Å². The van der Waals surface area contributed by atoms with E-state index < -0.39 is 35.9 Å². The molecule has 1 heterocycles. The summed E-state index contributed by atoms with van der Waals surface area (Å²) in [6, 6.07) is -2.90. The summed E-state index contributed by atoms with van der Waals surface area (Å²) in [7, 11) is 0. The molecule has 0 radical (unpaired) electrons. The molecule has 0 spiro atoms. The van der Waals surface area contributed by atoms with Crippen molar-refractivity contribution in [1.29, 1.82) is 0 Å². The van der Waals surface area contributed by atoms with Crippen LogP contribution in [0.25, 0.3) is 0 Å². The number of hydrogen-bond acceptors (Lipinski definition) is 6. The topological polar surface area (TPSA) is 150 Å². The average Bonchev–Trinajstić information content (AvgIpc) is 2.98. The van der Waals surface area contributed by atoms with Crippen molar-refractivity contribution in [1.82, 2.24) is 20.6 Å². The van der Waals surface area contributed by atoms with Gasteiger partial charge in [-0.3, -0.25) is 9.59 Å². The van der Waals surface area contributed by atoms with Gasteiger partial charge in [-0.05, 0) is 6.92 Å². The van der Waals surface area contributed by atoms with E-state index in [1.165, 1.54) is 13.3 Å². The second-order valence-electron chi connectivity index (χ2n) is 4.68. The summed E-state index contributed by atoms with van der Waals surface area (Å²) in [6.07, 6.45) is 2.98. The fourth-order valence-corrected chi connectivity index (χ4v) is 1.74. The Morgan fingerprint density at radius 1 is 1.41 bits per heavy atom. The number of aromatic amines is 1. The lowest BCUT2D eigenvalue weighted by atomic mass is 10.1. The number of nitrogens with one attached hydrogen (secondary N) is 3. The predicted molar refractivity (Wildman–Crippen MR) is 81.3 cm³/mol. The van der Waals surface area contributed by atoms with Crippen LogP contribution in [0.3, 0.4) is 0 Å². The van der Waals surface area contributed by atoms with Crippen LogP contribution in [-0.2, 0) is 20.8 Å². The Kier molecular flexibility index (Phi) is 6.86. The fraction of sp³-hybridized carbons (Fsp3) is 0.500. The normalized spacial score (nSPS) is 14.7. The summed E-state index contributed by atoms with van der Waals surface area (Å²) < 4.78 is 0. The number of imidazole rings is 1. The van der Waals surface area contributed by atoms with E-state index in [-0.39, 0.29) is 12.2 Å². The van der Waals surface area contributed by atoms with Crippen molar-refractivity contribution in [3.8, 4) is 0 Å². The Morgan fingerprint density at radius 2 is 2.09 bits per heavy atom. The monoisotopic (exact) mass is 329 g/mol. The second-order valence-corrected chi connectivity index (χ2v) is 5.05. The largest absolute Gasteiger partial charge is 0.480 e. The van der Waals surface area contributed by atoms with Gasteiger partial charge in [0.2, 0.25) is 11.8 Å². The van der Waals surface area contributed by atoms with Crippen LogP contribution in [0, 0.1) is 0 Å². The molecule has 0 aliphatic carbocycles. The standard InChI is InChI=1S/C12H19N5O4S/c1-6(16-11(19)8(13)4-22)10(18)17-9(12(20)21)2-7-3-14-5-15-7/h3,5-6,8-9,22H,2,4,13H2,1H3,(H,14,15)(H,16,19)(H,17,18)(H,20,21)/t6-,8-,9+/m1/s1. The zero-order valence-corrected chi connectivity index (χ0v) is 12.8. The third-order valence-electron chi connectivity index (χ3n) is 2.87. The van der Waals surface area contributed by atoms with E-state index in [9.17, 15) is 14.4 Å². The summed E-state index contributed by atoms with van der Waals surface area (Å²) >= 11 is 3.89. The Bertz CT molecular complexity index is 522. The molecule has 0 unspecified atom stereocenters. The minimum atomic E-state index is -1.19. The first-order valence-electron chi connectivity index (χ1n) is 6.52. The van der Waals surface area contributed by atoms with Crippen LogP contribution in [-0.4, -0.2) is 56.7 Å². The molecule has 0 aromatic carbocycles. The SMILES string of the molecule is C[C@@H](NC(=O)[C@H](N)CS)C(=O)N[C@@H](Cc1c[nH]cn1)C(=O)O. The van der Waals surface area contributed by atoms with E-state index in [2.05, 4.69) is 33.2 Å². The third-order valence-corrected chi connectivity index (χ3v) is 3.26. The van der Waals surface area contributed by atoms with E-state index >= 15 is 0 Å². The molecule has 2 amide bonds. The number of thiol groups is 1. The Labute approximate surface area is 132 Å². The van der Waals surface area contributed by atoms with Crippen LogP contribution < -0.4 is 16.4 Å². The van der Waals surface area contributed by atoms with E-state index in [4.69, 9.17) is 10.8 Å². The number of rotatable bonds is 8. The van der Waals surface area contributed by atoms with E-state index in [1.54, 1.807) is 6.20 Å². The van der Waals surface area contributed by atoms with Crippen LogP contribution in [0.4, 0.5) is 0 Å². The molecule has 0 aliphatic heterocycles. The van der Waals surface area contributed by atoms with Crippen LogP contribution >= 0.6 is 12.6 Å². The van der Waals surface area contributed by atoms with Gasteiger partial charge in [0.1, 0.15) is 12.1 Å². The first-order valence-corrected chi connectivity index (χ1v) is 7.16. The van der Waals surface area contributed by atoms with Crippen LogP contribution in [0.2, 0.25) is 0 Å². The van der Waals surface area contributed by atoms with Crippen LogP contribution in [0.1, 0.15) is 12.6 Å². The number of aromatic nitrogens is 2. The van der Waals surface area contributed by atoms with Gasteiger partial charge in [0.25, 0.3) is 0 Å². The maximum Gasteiger partial charge on any atom is 0.326 e. The highest BCUT2D eigenvalue weighted by atomic mass is 32.1. The van der Waals surface area contributed by atoms with Gasteiger partial charge in [-0.25, -0.2) is 9.78 Å². The lowest BCUT2D eigenvalue weighted by Gasteiger charge is -2.19. The number of carbonyl (C=O) groups is 3. The summed E-state index contributed by atoms with van der Waals surface area (Å²) in [5, 5.41) is 13.9. The highest BCUT2D eigenvalue weighted by Gasteiger charge is 2.25. The van der Waals surface area contributed by atoms with Gasteiger partial charge in [0.15, 0.2) is 0 Å². The molecule has 6 N–H and O–H groups in total. The quantitative estimate of drug-likeness (QED) is 0.312. The molecule has 10 heteroatoms. The molecule has 0 aliphatic rings. The number of amides is 2. The smallest absolute Gasteiger partial charge is 0.326 e. The minimum absolute atomic E-state index is 0.0292. The first-order chi connectivity index (χ1) is 10.3. The van der Waals surface area contributed by atoms with Crippen molar-refractivity contribution in [2.24, 2.45) is 5.73 Å². The number of carboxylic acid groups (broad SMARTS) is 1. The molecular weight excluding hydrogens is 310 g/mol. The van der Waals surface area contributed by atoms with Gasteiger partial charge in [-0.1, -0.05) is 0 Å². The number of hydrogen-bond donors (Lipinski definition) is 6. The summed E-state index contributed by atoms with van der Waals surface area (Å²) in [4.78, 5) is 41.3. The number of carbonyl (C=O) groups excluding carboxylic acids is 2. The number of aliphatic carboxylic acids is 1. The third kappa shape index (κ3) is 5.37. The molecule has 0 bridgehead atoms. The van der Waals surface area contributed by atoms with E-state index in [0.717, 1.165) is 0 Å². The van der Waals surface area contributed by atoms with Crippen LogP contribution in [0.15, 0.2) is 12.5 Å². The summed E-state index contributed by atoms with van der Waals surface area (Å²) in [5.41, 5.74) is 5.98. The first kappa shape index (κ1) is 18.0. The second kappa shape index (κ2) is 8.39. The van der Waals surface area contributed by atoms with Gasteiger partial charge in [0.05, 0.1) is 18.1 Å². The maximum atomic E-state index is 12.0. The number of nitrogens with two attached hydrogens (primary N) is 1. The molecule has 0 saturated heterocycles. The van der Waals surface area contributed by atoms with E-state index in [1.807, 2.05) is 0 Å². The molecule has 3 atom stereocenters. The molecular formula is C12H19N5O4S. The number of nitrogens with zero attached hydrogens (tertiary/aromatic N) is 1. The van der Waals surface area contributed by atoms with Gasteiger partial charge in [-0.2, -0.15) is 12.6 Å². The zero-order chi connectivity index (χ0) is 16.7. The van der Waals surface area contributed by atoms with Crippen molar-refractivity contribution in [3.05, 3.63) is 18.2 Å². The number of carboxylic acids is 1. The Morgan fingerprint density at radius 3 is 2.59 bits per heavy atom. The zero-order valence-electron chi connectivity index (χ0n) is 11.9. The minimum Gasteiger partial charge on any atom is -0.480 e. The molecule has 22 heavy (non-hydrogen) atoms. The van der Waals surface area contributed by atoms with Crippen LogP contribution in [0.5, 0.6) is 0 Å². The highest BCUT2D eigenvalue weighted by molar-refractivity contribution is 7.80. The van der Waals surface area contributed by atoms with Crippen molar-refractivity contribution in [3.63, 3.8) is 0 Å². The van der Waals surface area contributed by atoms with Crippen molar-refractivity contribution < 1.29 is 19.5 Å². The number of H-pyrrole nitrogens is 1. The Hall–Kier alpha value is -2.07. The summed E-state index contributed by atoms with van der Waals surface area (Å²) in [6.45, 7) is 1.44. The van der Waals surface area contributed by atoms with Crippen molar-refractivity contribution in [2.45, 2.75) is 31.5 Å². The molecule has 0 saturated carbocycles. The average molecular weight is 329 g/mol. The summed E-state index contributed by atoms with van der Waals surface area (Å²) in [5.74, 6) is -2.21. The van der Waals surface area contributed by atoms with Gasteiger partial charge < -0.3 is 26.5 Å². The molecule has 0 fully saturated rings. The van der Waals surface area contributed by atoms with Gasteiger partial charge >= 0.3 is 5.97 Å². The predicted octanol–water partition coefficient (Wildman–Crippen LogP) is -1.72. The van der Waals surface area contributed by atoms with Gasteiger partial charge in [0, 0.05) is 18.4 Å². The maximum absolute atomic E-state index is 12.0. The fourth-order valence-electron chi connectivity index (χ4n) is 1.58.